The second kappa shape index (κ2) is 6.03. The minimum absolute atomic E-state index is 0.0547. The predicted molar refractivity (Wildman–Crippen MR) is 79.8 cm³/mol. The summed E-state index contributed by atoms with van der Waals surface area (Å²) >= 11 is 0. The molecule has 0 aliphatic carbocycles. The third-order valence-corrected chi connectivity index (χ3v) is 4.53. The van der Waals surface area contributed by atoms with Crippen molar-refractivity contribution < 1.29 is 17.9 Å². The van der Waals surface area contributed by atoms with Gasteiger partial charge in [0.05, 0.1) is 19.4 Å². The number of carbonyl (C=O) groups excluding carboxylic acids is 1. The van der Waals surface area contributed by atoms with Crippen LogP contribution in [0.1, 0.15) is 18.7 Å². The minimum atomic E-state index is -3.15. The molecule has 1 fully saturated rings. The molecule has 1 heterocycles. The number of sulfone groups is 1. The van der Waals surface area contributed by atoms with Crippen LogP contribution in [0.25, 0.3) is 0 Å². The van der Waals surface area contributed by atoms with Crippen LogP contribution >= 0.6 is 0 Å². The van der Waals surface area contributed by atoms with Gasteiger partial charge in [0.1, 0.15) is 21.8 Å². The lowest BCUT2D eigenvalue weighted by Gasteiger charge is -2.30. The summed E-state index contributed by atoms with van der Waals surface area (Å²) in [6, 6.07) is 7.01. The van der Waals surface area contributed by atoms with Crippen LogP contribution in [0, 0.1) is 0 Å². The van der Waals surface area contributed by atoms with Crippen LogP contribution in [0.5, 0.6) is 5.75 Å². The molecular formula is C14H20N2O4S. The average molecular weight is 312 g/mol. The highest BCUT2D eigenvalue weighted by Gasteiger charge is 2.36. The van der Waals surface area contributed by atoms with E-state index in [-0.39, 0.29) is 24.4 Å². The molecular weight excluding hydrogens is 292 g/mol. The van der Waals surface area contributed by atoms with E-state index < -0.39 is 15.9 Å². The van der Waals surface area contributed by atoms with E-state index in [1.54, 1.807) is 18.9 Å². The summed E-state index contributed by atoms with van der Waals surface area (Å²) in [5.41, 5.74) is 0.876. The zero-order valence-corrected chi connectivity index (χ0v) is 13.2. The van der Waals surface area contributed by atoms with Crippen molar-refractivity contribution in [3.63, 3.8) is 0 Å². The van der Waals surface area contributed by atoms with Gasteiger partial charge in [0, 0.05) is 12.3 Å². The number of hydrogen-bond donors (Lipinski definition) is 1. The molecule has 2 atom stereocenters. The van der Waals surface area contributed by atoms with Crippen molar-refractivity contribution in [2.24, 2.45) is 0 Å². The molecule has 7 heteroatoms. The molecule has 6 nitrogen and oxygen atoms in total. The molecule has 1 aliphatic heterocycles. The zero-order valence-electron chi connectivity index (χ0n) is 12.4. The summed E-state index contributed by atoms with van der Waals surface area (Å²) in [4.78, 5) is 13.7. The molecule has 0 spiro atoms. The van der Waals surface area contributed by atoms with E-state index in [1.807, 2.05) is 24.3 Å². The number of methoxy groups -OCH3 is 1. The maximum Gasteiger partial charge on any atom is 0.238 e. The van der Waals surface area contributed by atoms with Gasteiger partial charge in [0.2, 0.25) is 5.91 Å². The molecule has 21 heavy (non-hydrogen) atoms. The van der Waals surface area contributed by atoms with Crippen LogP contribution in [0.15, 0.2) is 24.3 Å². The maximum atomic E-state index is 12.1. The molecule has 1 aromatic rings. The first-order valence-corrected chi connectivity index (χ1v) is 8.74. The predicted octanol–water partition coefficient (Wildman–Crippen LogP) is 0.559. The smallest absolute Gasteiger partial charge is 0.238 e. The summed E-state index contributed by atoms with van der Waals surface area (Å²) in [5.74, 6) is 0.546. The monoisotopic (exact) mass is 312 g/mol. The Bertz CT molecular complexity index is 630. The highest BCUT2D eigenvalue weighted by molar-refractivity contribution is 7.90. The third-order valence-electron chi connectivity index (χ3n) is 3.44. The molecule has 1 saturated heterocycles. The Morgan fingerprint density at radius 3 is 2.81 bits per heavy atom. The van der Waals surface area contributed by atoms with Gasteiger partial charge in [-0.05, 0) is 24.6 Å². The van der Waals surface area contributed by atoms with E-state index in [0.29, 0.717) is 5.75 Å². The number of nitrogens with zero attached hydrogens (tertiary/aromatic N) is 1. The number of rotatable bonds is 5. The fraction of sp³-hybridized carbons (Fsp3) is 0.500. The van der Waals surface area contributed by atoms with Crippen molar-refractivity contribution >= 4 is 15.7 Å². The first-order valence-electron chi connectivity index (χ1n) is 6.68. The fourth-order valence-electron chi connectivity index (χ4n) is 2.63. The Morgan fingerprint density at radius 2 is 2.19 bits per heavy atom. The third kappa shape index (κ3) is 3.74. The summed E-state index contributed by atoms with van der Waals surface area (Å²) in [6.07, 6.45) is 0.849. The quantitative estimate of drug-likeness (QED) is 0.860. The maximum absolute atomic E-state index is 12.1. The Kier molecular flexibility index (Phi) is 4.53. The molecule has 1 amide bonds. The minimum Gasteiger partial charge on any atom is -0.497 e. The van der Waals surface area contributed by atoms with Gasteiger partial charge in [-0.3, -0.25) is 10.1 Å². The Balaban J connectivity index is 2.27. The largest absolute Gasteiger partial charge is 0.497 e. The Labute approximate surface area is 125 Å². The van der Waals surface area contributed by atoms with Crippen LogP contribution < -0.4 is 10.1 Å². The molecule has 2 rings (SSSR count). The number of carbonyl (C=O) groups is 1. The Morgan fingerprint density at radius 1 is 1.48 bits per heavy atom. The van der Waals surface area contributed by atoms with E-state index >= 15 is 0 Å². The molecule has 0 bridgehead atoms. The topological polar surface area (TPSA) is 75.7 Å². The zero-order chi connectivity index (χ0) is 15.6. The van der Waals surface area contributed by atoms with Gasteiger partial charge in [0.25, 0.3) is 0 Å². The lowest BCUT2D eigenvalue weighted by Crippen LogP contribution is -2.41. The van der Waals surface area contributed by atoms with Crippen LogP contribution in [0.3, 0.4) is 0 Å². The fourth-order valence-corrected chi connectivity index (χ4v) is 3.66. The van der Waals surface area contributed by atoms with Crippen molar-refractivity contribution in [2.75, 3.05) is 25.7 Å². The first-order chi connectivity index (χ1) is 9.81. The number of benzene rings is 1. The molecule has 0 aromatic heterocycles. The second-order valence-electron chi connectivity index (χ2n) is 5.30. The first kappa shape index (κ1) is 15.8. The molecule has 0 radical (unpaired) electrons. The van der Waals surface area contributed by atoms with Crippen LogP contribution in [0.4, 0.5) is 0 Å². The lowest BCUT2D eigenvalue weighted by atomic mass is 10.1. The van der Waals surface area contributed by atoms with Crippen molar-refractivity contribution in [3.05, 3.63) is 29.8 Å². The van der Waals surface area contributed by atoms with E-state index in [9.17, 15) is 13.2 Å². The van der Waals surface area contributed by atoms with Gasteiger partial charge < -0.3 is 9.64 Å². The summed E-state index contributed by atoms with van der Waals surface area (Å²) in [5, 5.41) is 3.12. The van der Waals surface area contributed by atoms with Crippen LogP contribution in [0.2, 0.25) is 0 Å². The molecule has 1 aromatic carbocycles. The number of nitrogens with one attached hydrogen (secondary N) is 1. The van der Waals surface area contributed by atoms with Crippen LogP contribution in [-0.4, -0.2) is 50.9 Å². The van der Waals surface area contributed by atoms with Crippen LogP contribution in [-0.2, 0) is 14.6 Å². The van der Waals surface area contributed by atoms with Crippen molar-refractivity contribution in [1.29, 1.82) is 0 Å². The molecule has 0 saturated carbocycles. The number of ether oxygens (including phenoxy) is 1. The van der Waals surface area contributed by atoms with E-state index in [0.717, 1.165) is 5.56 Å². The van der Waals surface area contributed by atoms with Gasteiger partial charge in [-0.15, -0.1) is 0 Å². The van der Waals surface area contributed by atoms with Crippen molar-refractivity contribution in [1.82, 2.24) is 10.2 Å². The summed E-state index contributed by atoms with van der Waals surface area (Å²) in [6.45, 7) is 1.95. The average Bonchev–Trinajstić information content (AvgIpc) is 2.79. The Hall–Kier alpha value is -1.60. The van der Waals surface area contributed by atoms with E-state index in [4.69, 9.17) is 4.74 Å². The van der Waals surface area contributed by atoms with E-state index in [1.165, 1.54) is 6.26 Å². The van der Waals surface area contributed by atoms with Gasteiger partial charge >= 0.3 is 0 Å². The highest BCUT2D eigenvalue weighted by Crippen LogP contribution is 2.27. The SMILES string of the molecule is COc1cccc(C2NCC(=O)N2C(C)CS(C)(=O)=O)c1. The van der Waals surface area contributed by atoms with Crippen molar-refractivity contribution in [3.8, 4) is 5.75 Å². The standard InChI is InChI=1S/C14H20N2O4S/c1-10(9-21(3,18)19)16-13(17)8-15-14(16)11-5-4-6-12(7-11)20-2/h4-7,10,14-15H,8-9H2,1-3H3. The van der Waals surface area contributed by atoms with Gasteiger partial charge in [-0.25, -0.2) is 8.42 Å². The van der Waals surface area contributed by atoms with Gasteiger partial charge in [-0.1, -0.05) is 12.1 Å². The normalized spacial score (nSPS) is 20.6. The molecule has 2 unspecified atom stereocenters. The number of amides is 1. The van der Waals surface area contributed by atoms with Gasteiger partial charge in [-0.2, -0.15) is 0 Å². The highest BCUT2D eigenvalue weighted by atomic mass is 32.2. The molecule has 1 aliphatic rings. The summed E-state index contributed by atoms with van der Waals surface area (Å²) < 4.78 is 28.1. The van der Waals surface area contributed by atoms with Crippen molar-refractivity contribution in [2.45, 2.75) is 19.1 Å². The second-order valence-corrected chi connectivity index (χ2v) is 7.49. The number of hydrogen-bond acceptors (Lipinski definition) is 5. The van der Waals surface area contributed by atoms with Gasteiger partial charge in [0.15, 0.2) is 0 Å². The molecule has 116 valence electrons. The van der Waals surface area contributed by atoms with E-state index in [2.05, 4.69) is 5.32 Å². The summed E-state index contributed by atoms with van der Waals surface area (Å²) in [7, 11) is -1.57. The lowest BCUT2D eigenvalue weighted by molar-refractivity contribution is -0.129. The molecule has 1 N–H and O–H groups in total.